The number of nitrogens with zero attached hydrogens (tertiary/aromatic N) is 1. The van der Waals surface area contributed by atoms with Gasteiger partial charge in [-0.3, -0.25) is 0 Å². The van der Waals surface area contributed by atoms with E-state index in [4.69, 9.17) is 4.74 Å². The summed E-state index contributed by atoms with van der Waals surface area (Å²) in [6, 6.07) is 7.25. The van der Waals surface area contributed by atoms with E-state index >= 15 is 0 Å². The lowest BCUT2D eigenvalue weighted by Crippen LogP contribution is -2.23. The maximum atomic E-state index is 10.1. The third kappa shape index (κ3) is 3.12. The Morgan fingerprint density at radius 3 is 3.19 bits per heavy atom. The highest BCUT2D eigenvalue weighted by Crippen LogP contribution is 2.25. The van der Waals surface area contributed by atoms with Gasteiger partial charge in [-0.2, -0.15) is 16.8 Å². The van der Waals surface area contributed by atoms with E-state index in [0.717, 1.165) is 17.9 Å². The first-order valence-corrected chi connectivity index (χ1v) is 6.46. The van der Waals surface area contributed by atoms with Crippen molar-refractivity contribution < 1.29 is 9.53 Å². The quantitative estimate of drug-likeness (QED) is 0.597. The number of isocyanates is 1. The number of thioether (sulfide) groups is 1. The zero-order chi connectivity index (χ0) is 11.2. The number of carbonyl (C=O) groups excluding carboxylic acids is 1. The standard InChI is InChI=1S/C12H13NO2S/c14-9-13-10-3-1-4-11(7-10)15-12-5-2-6-16-8-12/h1,3-4,7,12H,2,5-6,8H2. The lowest BCUT2D eigenvalue weighted by molar-refractivity contribution is 0.211. The van der Waals surface area contributed by atoms with E-state index in [-0.39, 0.29) is 6.10 Å². The Kier molecular flexibility index (Phi) is 4.03. The Morgan fingerprint density at radius 2 is 2.44 bits per heavy atom. The van der Waals surface area contributed by atoms with Crippen molar-refractivity contribution in [1.29, 1.82) is 0 Å². The van der Waals surface area contributed by atoms with Gasteiger partial charge in [-0.25, -0.2) is 4.79 Å². The fourth-order valence-electron chi connectivity index (χ4n) is 1.68. The van der Waals surface area contributed by atoms with Gasteiger partial charge in [-0.05, 0) is 30.7 Å². The summed E-state index contributed by atoms with van der Waals surface area (Å²) in [6.07, 6.45) is 4.13. The molecule has 2 rings (SSSR count). The van der Waals surface area contributed by atoms with Crippen LogP contribution in [0.3, 0.4) is 0 Å². The van der Waals surface area contributed by atoms with E-state index in [1.807, 2.05) is 23.9 Å². The average Bonchev–Trinajstić information content (AvgIpc) is 2.31. The van der Waals surface area contributed by atoms with Crippen molar-refractivity contribution in [3.05, 3.63) is 24.3 Å². The minimum absolute atomic E-state index is 0.286. The van der Waals surface area contributed by atoms with Crippen LogP contribution in [0.5, 0.6) is 5.75 Å². The second kappa shape index (κ2) is 5.73. The van der Waals surface area contributed by atoms with E-state index in [9.17, 15) is 4.79 Å². The molecule has 16 heavy (non-hydrogen) atoms. The number of rotatable bonds is 3. The number of hydrogen-bond acceptors (Lipinski definition) is 4. The SMILES string of the molecule is O=C=Nc1cccc(OC2CCCSC2)c1. The van der Waals surface area contributed by atoms with Crippen LogP contribution in [0, 0.1) is 0 Å². The normalized spacial score (nSPS) is 19.9. The second-order valence-electron chi connectivity index (χ2n) is 3.66. The van der Waals surface area contributed by atoms with Gasteiger partial charge in [0.25, 0.3) is 0 Å². The summed E-state index contributed by atoms with van der Waals surface area (Å²) in [5.41, 5.74) is 0.593. The van der Waals surface area contributed by atoms with Crippen LogP contribution in [0.4, 0.5) is 5.69 Å². The molecular weight excluding hydrogens is 222 g/mol. The molecule has 0 bridgehead atoms. The zero-order valence-corrected chi connectivity index (χ0v) is 9.70. The molecule has 0 N–H and O–H groups in total. The molecule has 84 valence electrons. The third-order valence-electron chi connectivity index (χ3n) is 2.41. The van der Waals surface area contributed by atoms with Gasteiger partial charge in [-0.15, -0.1) is 0 Å². The van der Waals surface area contributed by atoms with E-state index in [1.165, 1.54) is 18.3 Å². The molecule has 1 fully saturated rings. The molecule has 1 unspecified atom stereocenters. The first-order valence-electron chi connectivity index (χ1n) is 5.31. The molecule has 0 spiro atoms. The summed E-state index contributed by atoms with van der Waals surface area (Å²) < 4.78 is 5.83. The maximum Gasteiger partial charge on any atom is 0.240 e. The molecule has 0 aromatic heterocycles. The molecule has 3 nitrogen and oxygen atoms in total. The molecule has 1 atom stereocenters. The molecule has 1 saturated heterocycles. The lowest BCUT2D eigenvalue weighted by atomic mass is 10.2. The van der Waals surface area contributed by atoms with E-state index in [1.54, 1.807) is 12.1 Å². The van der Waals surface area contributed by atoms with Crippen LogP contribution >= 0.6 is 11.8 Å². The Labute approximate surface area is 98.9 Å². The van der Waals surface area contributed by atoms with E-state index in [0.29, 0.717) is 5.69 Å². The summed E-state index contributed by atoms with van der Waals surface area (Å²) >= 11 is 1.93. The van der Waals surface area contributed by atoms with Crippen molar-refractivity contribution in [2.45, 2.75) is 18.9 Å². The minimum atomic E-state index is 0.286. The van der Waals surface area contributed by atoms with Crippen molar-refractivity contribution >= 4 is 23.5 Å². The highest BCUT2D eigenvalue weighted by atomic mass is 32.2. The zero-order valence-electron chi connectivity index (χ0n) is 8.89. The van der Waals surface area contributed by atoms with Crippen LogP contribution in [-0.4, -0.2) is 23.7 Å². The largest absolute Gasteiger partial charge is 0.489 e. The molecule has 0 amide bonds. The van der Waals surface area contributed by atoms with E-state index < -0.39 is 0 Å². The molecule has 1 aromatic carbocycles. The Morgan fingerprint density at radius 1 is 1.50 bits per heavy atom. The highest BCUT2D eigenvalue weighted by molar-refractivity contribution is 7.99. The lowest BCUT2D eigenvalue weighted by Gasteiger charge is -2.22. The summed E-state index contributed by atoms with van der Waals surface area (Å²) in [7, 11) is 0. The van der Waals surface area contributed by atoms with Gasteiger partial charge in [-0.1, -0.05) is 6.07 Å². The maximum absolute atomic E-state index is 10.1. The van der Waals surface area contributed by atoms with Gasteiger partial charge in [0.2, 0.25) is 6.08 Å². The highest BCUT2D eigenvalue weighted by Gasteiger charge is 2.15. The molecule has 1 aliphatic rings. The Balaban J connectivity index is 2.02. The van der Waals surface area contributed by atoms with Crippen molar-refractivity contribution in [2.75, 3.05) is 11.5 Å². The van der Waals surface area contributed by atoms with Gasteiger partial charge < -0.3 is 4.74 Å². The first kappa shape index (κ1) is 11.2. The fraction of sp³-hybridized carbons (Fsp3) is 0.417. The molecule has 0 radical (unpaired) electrons. The number of ether oxygens (including phenoxy) is 1. The summed E-state index contributed by atoms with van der Waals surface area (Å²) in [5, 5.41) is 0. The molecule has 1 aromatic rings. The molecule has 1 heterocycles. The van der Waals surface area contributed by atoms with E-state index in [2.05, 4.69) is 4.99 Å². The van der Waals surface area contributed by atoms with Crippen LogP contribution in [0.15, 0.2) is 29.3 Å². The topological polar surface area (TPSA) is 38.7 Å². The average molecular weight is 235 g/mol. The van der Waals surface area contributed by atoms with Crippen LogP contribution in [-0.2, 0) is 4.79 Å². The van der Waals surface area contributed by atoms with Gasteiger partial charge in [0.1, 0.15) is 11.9 Å². The van der Waals surface area contributed by atoms with Gasteiger partial charge >= 0.3 is 0 Å². The third-order valence-corrected chi connectivity index (χ3v) is 3.60. The summed E-state index contributed by atoms with van der Waals surface area (Å²) in [4.78, 5) is 13.7. The first-order chi connectivity index (χ1) is 7.88. The van der Waals surface area contributed by atoms with Gasteiger partial charge in [0.15, 0.2) is 0 Å². The molecule has 4 heteroatoms. The number of hydrogen-bond donors (Lipinski definition) is 0. The van der Waals surface area contributed by atoms with Crippen molar-refractivity contribution in [2.24, 2.45) is 4.99 Å². The van der Waals surface area contributed by atoms with Crippen LogP contribution in [0.1, 0.15) is 12.8 Å². The Bertz CT molecular complexity index is 396. The molecular formula is C12H13NO2S. The predicted octanol–water partition coefficient (Wildman–Crippen LogP) is 2.93. The smallest absolute Gasteiger partial charge is 0.240 e. The summed E-state index contributed by atoms with van der Waals surface area (Å²) in [5.74, 6) is 3.06. The van der Waals surface area contributed by atoms with Crippen molar-refractivity contribution in [3.8, 4) is 5.75 Å². The van der Waals surface area contributed by atoms with Crippen LogP contribution in [0.25, 0.3) is 0 Å². The number of aliphatic imine (C=N–C) groups is 1. The van der Waals surface area contributed by atoms with Crippen molar-refractivity contribution in [3.63, 3.8) is 0 Å². The Hall–Kier alpha value is -1.25. The fourth-order valence-corrected chi connectivity index (χ4v) is 2.71. The second-order valence-corrected chi connectivity index (χ2v) is 4.81. The van der Waals surface area contributed by atoms with Crippen molar-refractivity contribution in [1.82, 2.24) is 0 Å². The monoisotopic (exact) mass is 235 g/mol. The molecule has 0 saturated carbocycles. The number of benzene rings is 1. The predicted molar refractivity (Wildman–Crippen MR) is 65.2 cm³/mol. The van der Waals surface area contributed by atoms with Gasteiger partial charge in [0.05, 0.1) is 5.69 Å². The molecule has 0 aliphatic carbocycles. The molecule has 1 aliphatic heterocycles. The van der Waals surface area contributed by atoms with Crippen LogP contribution < -0.4 is 4.74 Å². The minimum Gasteiger partial charge on any atom is -0.489 e. The van der Waals surface area contributed by atoms with Crippen LogP contribution in [0.2, 0.25) is 0 Å². The van der Waals surface area contributed by atoms with Gasteiger partial charge in [0, 0.05) is 11.8 Å². The summed E-state index contributed by atoms with van der Waals surface area (Å²) in [6.45, 7) is 0.